The van der Waals surface area contributed by atoms with Gasteiger partial charge in [-0.1, -0.05) is 41.9 Å². The SMILES string of the molecule is COc1ccc(CN(Cc2ccc(OC)cc2)S(=O)(=O)c2ccc(Cc3c(-c4ccc(F)cc4)n[nH]c3CC3CC3)cc2Cl)cc1. The van der Waals surface area contributed by atoms with Crippen LogP contribution in [0.2, 0.25) is 5.02 Å². The van der Waals surface area contributed by atoms with Crippen LogP contribution in [0.3, 0.4) is 0 Å². The highest BCUT2D eigenvalue weighted by atomic mass is 35.5. The molecule has 0 spiro atoms. The summed E-state index contributed by atoms with van der Waals surface area (Å²) in [5.74, 6) is 1.69. The van der Waals surface area contributed by atoms with Crippen molar-refractivity contribution in [2.45, 2.75) is 43.7 Å². The number of benzene rings is 4. The standard InChI is InChI=1S/C36H35ClFN3O4S/c1-44-30-14-5-25(6-15-30)22-41(23-26-7-16-31(45-2)17-8-26)46(42,43)35-18-9-27(20-33(35)37)19-32-34(21-24-3-4-24)39-40-36(32)28-10-12-29(38)13-11-28/h5-18,20,24H,3-4,19,21-23H2,1-2H3,(H,39,40). The fourth-order valence-electron chi connectivity index (χ4n) is 5.52. The fraction of sp³-hybridized carbons (Fsp3) is 0.250. The Bertz CT molecular complexity index is 1860. The summed E-state index contributed by atoms with van der Waals surface area (Å²) in [7, 11) is -0.847. The summed E-state index contributed by atoms with van der Waals surface area (Å²) in [5.41, 5.74) is 6.08. The molecule has 1 N–H and O–H groups in total. The molecule has 0 saturated heterocycles. The Balaban J connectivity index is 1.30. The highest BCUT2D eigenvalue weighted by Gasteiger charge is 2.29. The predicted molar refractivity (Wildman–Crippen MR) is 177 cm³/mol. The molecular weight excluding hydrogens is 625 g/mol. The molecule has 0 unspecified atom stereocenters. The highest BCUT2D eigenvalue weighted by molar-refractivity contribution is 7.89. The predicted octanol–water partition coefficient (Wildman–Crippen LogP) is 7.82. The molecule has 6 rings (SSSR count). The number of nitrogens with one attached hydrogen (secondary N) is 1. The Morgan fingerprint density at radius 3 is 1.93 bits per heavy atom. The van der Waals surface area contributed by atoms with Gasteiger partial charge in [0.05, 0.1) is 24.9 Å². The maximum Gasteiger partial charge on any atom is 0.245 e. The molecule has 1 heterocycles. The van der Waals surface area contributed by atoms with Gasteiger partial charge in [-0.15, -0.1) is 0 Å². The highest BCUT2D eigenvalue weighted by Crippen LogP contribution is 2.36. The van der Waals surface area contributed by atoms with Crippen LogP contribution in [0.1, 0.15) is 40.8 Å². The van der Waals surface area contributed by atoms with E-state index in [1.807, 2.05) is 48.5 Å². The first-order valence-electron chi connectivity index (χ1n) is 15.1. The van der Waals surface area contributed by atoms with E-state index in [0.717, 1.165) is 45.6 Å². The number of halogens is 2. The number of aromatic amines is 1. The van der Waals surface area contributed by atoms with Gasteiger partial charge in [0, 0.05) is 36.3 Å². The van der Waals surface area contributed by atoms with Gasteiger partial charge in [-0.05, 0) is 103 Å². The van der Waals surface area contributed by atoms with Crippen molar-refractivity contribution in [1.29, 1.82) is 0 Å². The van der Waals surface area contributed by atoms with E-state index in [1.54, 1.807) is 44.6 Å². The number of nitrogens with zero attached hydrogens (tertiary/aromatic N) is 2. The van der Waals surface area contributed by atoms with Crippen LogP contribution in [0.4, 0.5) is 4.39 Å². The van der Waals surface area contributed by atoms with Crippen molar-refractivity contribution in [3.05, 3.63) is 130 Å². The van der Waals surface area contributed by atoms with E-state index in [9.17, 15) is 12.8 Å². The lowest BCUT2D eigenvalue weighted by molar-refractivity contribution is 0.397. The van der Waals surface area contributed by atoms with Crippen LogP contribution < -0.4 is 9.47 Å². The van der Waals surface area contributed by atoms with Crippen molar-refractivity contribution < 1.29 is 22.3 Å². The van der Waals surface area contributed by atoms with E-state index in [4.69, 9.17) is 21.1 Å². The van der Waals surface area contributed by atoms with E-state index < -0.39 is 10.0 Å². The van der Waals surface area contributed by atoms with Crippen LogP contribution in [0.25, 0.3) is 11.3 Å². The normalized spacial score (nSPS) is 13.2. The van der Waals surface area contributed by atoms with Gasteiger partial charge in [0.1, 0.15) is 22.2 Å². The zero-order valence-corrected chi connectivity index (χ0v) is 27.2. The number of methoxy groups -OCH3 is 2. The van der Waals surface area contributed by atoms with E-state index in [0.29, 0.717) is 23.8 Å². The number of aromatic nitrogens is 2. The lowest BCUT2D eigenvalue weighted by atomic mass is 9.97. The van der Waals surface area contributed by atoms with Crippen LogP contribution in [0, 0.1) is 11.7 Å². The molecule has 0 radical (unpaired) electrons. The van der Waals surface area contributed by atoms with Crippen LogP contribution in [-0.2, 0) is 36.0 Å². The summed E-state index contributed by atoms with van der Waals surface area (Å²) in [6.45, 7) is 0.272. The van der Waals surface area contributed by atoms with Crippen LogP contribution >= 0.6 is 11.6 Å². The second kappa shape index (κ2) is 13.7. The molecule has 7 nitrogen and oxygen atoms in total. The Kier molecular flexibility index (Phi) is 9.44. The van der Waals surface area contributed by atoms with E-state index in [-0.39, 0.29) is 28.8 Å². The zero-order valence-electron chi connectivity index (χ0n) is 25.7. The molecule has 1 aromatic heterocycles. The molecule has 0 bridgehead atoms. The van der Waals surface area contributed by atoms with Crippen LogP contribution in [0.5, 0.6) is 11.5 Å². The maximum absolute atomic E-state index is 14.2. The van der Waals surface area contributed by atoms with Gasteiger partial charge in [0.15, 0.2) is 0 Å². The minimum Gasteiger partial charge on any atom is -0.497 e. The number of H-pyrrole nitrogens is 1. The number of hydrogen-bond acceptors (Lipinski definition) is 5. The molecule has 1 fully saturated rings. The van der Waals surface area contributed by atoms with Gasteiger partial charge in [-0.25, -0.2) is 12.8 Å². The van der Waals surface area contributed by atoms with Crippen molar-refractivity contribution >= 4 is 21.6 Å². The molecule has 1 aliphatic rings. The fourth-order valence-corrected chi connectivity index (χ4v) is 7.48. The van der Waals surface area contributed by atoms with E-state index in [2.05, 4.69) is 10.2 Å². The smallest absolute Gasteiger partial charge is 0.245 e. The molecule has 1 saturated carbocycles. The zero-order chi connectivity index (χ0) is 32.3. The Morgan fingerprint density at radius 2 is 1.41 bits per heavy atom. The Labute approximate surface area is 274 Å². The van der Waals surface area contributed by atoms with E-state index >= 15 is 0 Å². The van der Waals surface area contributed by atoms with Gasteiger partial charge in [-0.3, -0.25) is 5.10 Å². The molecule has 238 valence electrons. The summed E-state index contributed by atoms with van der Waals surface area (Å²) in [6.07, 6.45) is 3.75. The van der Waals surface area contributed by atoms with Gasteiger partial charge in [-0.2, -0.15) is 9.40 Å². The number of hydrogen-bond donors (Lipinski definition) is 1. The van der Waals surface area contributed by atoms with Crippen molar-refractivity contribution in [3.63, 3.8) is 0 Å². The number of sulfonamides is 1. The van der Waals surface area contributed by atoms with Crippen LogP contribution in [-0.4, -0.2) is 37.1 Å². The topological polar surface area (TPSA) is 84.5 Å². The average molecular weight is 660 g/mol. The Hall–Kier alpha value is -4.18. The summed E-state index contributed by atoms with van der Waals surface area (Å²) < 4.78 is 54.1. The number of ether oxygens (including phenoxy) is 2. The van der Waals surface area contributed by atoms with Crippen molar-refractivity contribution in [3.8, 4) is 22.8 Å². The minimum absolute atomic E-state index is 0.0316. The lowest BCUT2D eigenvalue weighted by Crippen LogP contribution is -2.30. The quantitative estimate of drug-likeness (QED) is 0.139. The van der Waals surface area contributed by atoms with Crippen molar-refractivity contribution in [1.82, 2.24) is 14.5 Å². The molecular formula is C36H35ClFN3O4S. The second-order valence-electron chi connectivity index (χ2n) is 11.6. The molecule has 46 heavy (non-hydrogen) atoms. The first-order valence-corrected chi connectivity index (χ1v) is 16.9. The largest absolute Gasteiger partial charge is 0.497 e. The molecule has 0 aliphatic heterocycles. The lowest BCUT2D eigenvalue weighted by Gasteiger charge is -2.23. The van der Waals surface area contributed by atoms with Crippen molar-refractivity contribution in [2.24, 2.45) is 5.92 Å². The molecule has 0 amide bonds. The molecule has 5 aromatic rings. The monoisotopic (exact) mass is 659 g/mol. The third-order valence-corrected chi connectivity index (χ3v) is 10.6. The first-order chi connectivity index (χ1) is 22.2. The Morgan fingerprint density at radius 1 is 0.848 bits per heavy atom. The summed E-state index contributed by atoms with van der Waals surface area (Å²) in [5, 5.41) is 7.95. The third-order valence-electron chi connectivity index (χ3n) is 8.29. The summed E-state index contributed by atoms with van der Waals surface area (Å²) in [4.78, 5) is 0.0316. The number of rotatable bonds is 13. The maximum atomic E-state index is 14.2. The van der Waals surface area contributed by atoms with Gasteiger partial charge < -0.3 is 9.47 Å². The molecule has 0 atom stereocenters. The third kappa shape index (κ3) is 7.28. The molecule has 10 heteroatoms. The molecule has 4 aromatic carbocycles. The minimum atomic E-state index is -4.02. The van der Waals surface area contributed by atoms with Gasteiger partial charge in [0.2, 0.25) is 10.0 Å². The first kappa shape index (κ1) is 31.8. The average Bonchev–Trinajstić information content (AvgIpc) is 3.80. The van der Waals surface area contributed by atoms with E-state index in [1.165, 1.54) is 29.3 Å². The van der Waals surface area contributed by atoms with Gasteiger partial charge >= 0.3 is 0 Å². The second-order valence-corrected chi connectivity index (χ2v) is 13.9. The van der Waals surface area contributed by atoms with Crippen molar-refractivity contribution in [2.75, 3.05) is 14.2 Å². The van der Waals surface area contributed by atoms with Gasteiger partial charge in [0.25, 0.3) is 0 Å². The van der Waals surface area contributed by atoms with Crippen LogP contribution in [0.15, 0.2) is 95.9 Å². The summed E-state index contributed by atoms with van der Waals surface area (Å²) in [6, 6.07) is 26.0. The molecule has 1 aliphatic carbocycles. The summed E-state index contributed by atoms with van der Waals surface area (Å²) >= 11 is 6.79.